The van der Waals surface area contributed by atoms with Gasteiger partial charge >= 0.3 is 0 Å². The first-order valence-electron chi connectivity index (χ1n) is 10.1. The van der Waals surface area contributed by atoms with Gasteiger partial charge in [0.15, 0.2) is 17.2 Å². The van der Waals surface area contributed by atoms with Crippen LogP contribution in [-0.2, 0) is 6.61 Å². The van der Waals surface area contributed by atoms with Crippen LogP contribution in [0, 0.1) is 17.0 Å². The molecule has 172 valence electrons. The minimum atomic E-state index is -0.499. The van der Waals surface area contributed by atoms with E-state index in [-0.39, 0.29) is 11.4 Å². The number of carbonyl (C=O) groups excluding carboxylic acids is 1. The number of non-ortho nitro benzene ring substituents is 1. The van der Waals surface area contributed by atoms with E-state index in [4.69, 9.17) is 9.47 Å². The number of hydrogen-bond acceptors (Lipinski definition) is 8. The minimum Gasteiger partial charge on any atom is -0.493 e. The normalized spacial score (nSPS) is 10.5. The van der Waals surface area contributed by atoms with Crippen LogP contribution >= 0.6 is 0 Å². The Bertz CT molecular complexity index is 1340. The number of nitrogens with one attached hydrogen (secondary N) is 1. The van der Waals surface area contributed by atoms with Crippen LogP contribution in [0.15, 0.2) is 67.0 Å². The number of pyridine rings is 1. The summed E-state index contributed by atoms with van der Waals surface area (Å²) in [6, 6.07) is 14.6. The molecule has 0 saturated heterocycles. The van der Waals surface area contributed by atoms with Crippen molar-refractivity contribution in [3.05, 3.63) is 94.1 Å². The van der Waals surface area contributed by atoms with Crippen LogP contribution < -0.4 is 14.8 Å². The summed E-state index contributed by atoms with van der Waals surface area (Å²) in [6.07, 6.45) is 3.35. The molecule has 11 nitrogen and oxygen atoms in total. The first kappa shape index (κ1) is 22.4. The largest absolute Gasteiger partial charge is 0.493 e. The van der Waals surface area contributed by atoms with Gasteiger partial charge in [-0.1, -0.05) is 11.3 Å². The fourth-order valence-electron chi connectivity index (χ4n) is 3.22. The summed E-state index contributed by atoms with van der Waals surface area (Å²) < 4.78 is 12.6. The molecule has 2 heterocycles. The molecule has 0 unspecified atom stereocenters. The summed E-state index contributed by atoms with van der Waals surface area (Å²) in [5.41, 5.74) is 2.26. The van der Waals surface area contributed by atoms with Crippen molar-refractivity contribution >= 4 is 17.3 Å². The number of ether oxygens (including phenoxy) is 2. The minimum absolute atomic E-state index is 0.0848. The van der Waals surface area contributed by atoms with E-state index in [1.165, 1.54) is 23.9 Å². The van der Waals surface area contributed by atoms with Gasteiger partial charge in [-0.2, -0.15) is 0 Å². The number of methoxy groups -OCH3 is 1. The molecule has 0 fully saturated rings. The van der Waals surface area contributed by atoms with Gasteiger partial charge in [0.05, 0.1) is 23.4 Å². The third-order valence-electron chi connectivity index (χ3n) is 4.96. The number of benzene rings is 2. The maximum Gasteiger partial charge on any atom is 0.278 e. The summed E-state index contributed by atoms with van der Waals surface area (Å²) in [7, 11) is 1.53. The van der Waals surface area contributed by atoms with Gasteiger partial charge in [0, 0.05) is 36.3 Å². The number of carbonyl (C=O) groups is 1. The molecule has 0 atom stereocenters. The second-order valence-electron chi connectivity index (χ2n) is 7.18. The third-order valence-corrected chi connectivity index (χ3v) is 4.96. The molecule has 2 aromatic heterocycles. The lowest BCUT2D eigenvalue weighted by Gasteiger charge is -2.13. The lowest BCUT2D eigenvalue weighted by atomic mass is 10.2. The molecule has 4 aromatic rings. The molecule has 34 heavy (non-hydrogen) atoms. The molecule has 11 heteroatoms. The molecule has 0 bridgehead atoms. The number of aromatic nitrogens is 4. The number of amides is 1. The second kappa shape index (κ2) is 9.77. The predicted molar refractivity (Wildman–Crippen MR) is 122 cm³/mol. The molecule has 0 radical (unpaired) electrons. The van der Waals surface area contributed by atoms with Crippen molar-refractivity contribution in [2.45, 2.75) is 13.5 Å². The number of rotatable bonds is 8. The van der Waals surface area contributed by atoms with E-state index in [2.05, 4.69) is 20.6 Å². The van der Waals surface area contributed by atoms with E-state index < -0.39 is 10.8 Å². The first-order chi connectivity index (χ1) is 16.5. The molecule has 1 amide bonds. The number of hydrogen-bond donors (Lipinski definition) is 1. The van der Waals surface area contributed by atoms with Crippen molar-refractivity contribution in [3.8, 4) is 17.2 Å². The molecule has 0 aliphatic carbocycles. The van der Waals surface area contributed by atoms with E-state index in [1.807, 2.05) is 12.1 Å². The van der Waals surface area contributed by atoms with E-state index in [0.29, 0.717) is 35.2 Å². The van der Waals surface area contributed by atoms with Gasteiger partial charge in [0.25, 0.3) is 11.6 Å². The summed E-state index contributed by atoms with van der Waals surface area (Å²) >= 11 is 0. The SMILES string of the molecule is COc1ccc(NC(=O)c2nnn(-c3cccc([N+](=O)[O-])c3)c2C)cc1OCc1ccncc1. The Balaban J connectivity index is 1.53. The zero-order valence-corrected chi connectivity index (χ0v) is 18.3. The van der Waals surface area contributed by atoms with Crippen LogP contribution in [-0.4, -0.2) is 37.9 Å². The number of anilines is 1. The fraction of sp³-hybridized carbons (Fsp3) is 0.130. The Kier molecular flexibility index (Phi) is 6.44. The highest BCUT2D eigenvalue weighted by atomic mass is 16.6. The van der Waals surface area contributed by atoms with Gasteiger partial charge in [-0.25, -0.2) is 4.68 Å². The summed E-state index contributed by atoms with van der Waals surface area (Å²) in [5, 5.41) is 21.8. The molecule has 1 N–H and O–H groups in total. The Morgan fingerprint density at radius 3 is 2.65 bits per heavy atom. The Labute approximate surface area is 194 Å². The molecule has 4 rings (SSSR count). The highest BCUT2D eigenvalue weighted by molar-refractivity contribution is 6.03. The maximum atomic E-state index is 12.9. The lowest BCUT2D eigenvalue weighted by molar-refractivity contribution is -0.384. The standard InChI is InChI=1S/C23H20N6O5/c1-15-22(26-27-28(15)18-4-3-5-19(13-18)29(31)32)23(30)25-17-6-7-20(33-2)21(12-17)34-14-16-8-10-24-11-9-16/h3-13H,14H2,1-2H3,(H,25,30). The molecular weight excluding hydrogens is 440 g/mol. The molecule has 0 aliphatic heterocycles. The Morgan fingerprint density at radius 1 is 1.12 bits per heavy atom. The smallest absolute Gasteiger partial charge is 0.278 e. The lowest BCUT2D eigenvalue weighted by Crippen LogP contribution is -2.14. The highest BCUT2D eigenvalue weighted by Crippen LogP contribution is 2.31. The van der Waals surface area contributed by atoms with Crippen LogP contribution in [0.25, 0.3) is 5.69 Å². The van der Waals surface area contributed by atoms with Crippen LogP contribution in [0.1, 0.15) is 21.7 Å². The van der Waals surface area contributed by atoms with Gasteiger partial charge in [-0.05, 0) is 42.8 Å². The average Bonchev–Trinajstić information content (AvgIpc) is 3.25. The quantitative estimate of drug-likeness (QED) is 0.311. The Morgan fingerprint density at radius 2 is 1.91 bits per heavy atom. The topological polar surface area (TPSA) is 134 Å². The molecule has 0 aliphatic rings. The molecule has 2 aromatic carbocycles. The van der Waals surface area contributed by atoms with Crippen molar-refractivity contribution in [3.63, 3.8) is 0 Å². The van der Waals surface area contributed by atoms with E-state index >= 15 is 0 Å². The second-order valence-corrected chi connectivity index (χ2v) is 7.18. The summed E-state index contributed by atoms with van der Waals surface area (Å²) in [6.45, 7) is 1.96. The average molecular weight is 460 g/mol. The number of nitrogens with zero attached hydrogens (tertiary/aromatic N) is 5. The van der Waals surface area contributed by atoms with Crippen LogP contribution in [0.4, 0.5) is 11.4 Å². The van der Waals surface area contributed by atoms with Gasteiger partial charge in [0.2, 0.25) is 0 Å². The zero-order valence-electron chi connectivity index (χ0n) is 18.3. The van der Waals surface area contributed by atoms with Crippen molar-refractivity contribution < 1.29 is 19.2 Å². The predicted octanol–water partition coefficient (Wildman–Crippen LogP) is 3.72. The Hall–Kier alpha value is -4.80. The van der Waals surface area contributed by atoms with E-state index in [9.17, 15) is 14.9 Å². The monoisotopic (exact) mass is 460 g/mol. The number of nitro benzene ring substituents is 1. The van der Waals surface area contributed by atoms with Crippen molar-refractivity contribution in [2.24, 2.45) is 0 Å². The van der Waals surface area contributed by atoms with Crippen molar-refractivity contribution in [1.29, 1.82) is 0 Å². The van der Waals surface area contributed by atoms with Gasteiger partial charge < -0.3 is 14.8 Å². The number of nitro groups is 1. The van der Waals surface area contributed by atoms with Gasteiger partial charge in [-0.3, -0.25) is 19.9 Å². The molecule has 0 saturated carbocycles. The molecule has 0 spiro atoms. The van der Waals surface area contributed by atoms with Gasteiger partial charge in [-0.15, -0.1) is 5.10 Å². The van der Waals surface area contributed by atoms with Crippen LogP contribution in [0.2, 0.25) is 0 Å². The van der Waals surface area contributed by atoms with E-state index in [0.717, 1.165) is 5.56 Å². The van der Waals surface area contributed by atoms with Gasteiger partial charge in [0.1, 0.15) is 6.61 Å². The third kappa shape index (κ3) is 4.83. The molecular formula is C23H20N6O5. The van der Waals surface area contributed by atoms with Crippen LogP contribution in [0.3, 0.4) is 0 Å². The van der Waals surface area contributed by atoms with Crippen molar-refractivity contribution in [1.82, 2.24) is 20.0 Å². The zero-order chi connectivity index (χ0) is 24.1. The van der Waals surface area contributed by atoms with Crippen LogP contribution in [0.5, 0.6) is 11.5 Å². The maximum absolute atomic E-state index is 12.9. The van der Waals surface area contributed by atoms with Crippen molar-refractivity contribution in [2.75, 3.05) is 12.4 Å². The summed E-state index contributed by atoms with van der Waals surface area (Å²) in [4.78, 5) is 27.4. The first-order valence-corrected chi connectivity index (χ1v) is 10.1. The summed E-state index contributed by atoms with van der Waals surface area (Å²) in [5.74, 6) is 0.480. The highest BCUT2D eigenvalue weighted by Gasteiger charge is 2.19. The van der Waals surface area contributed by atoms with E-state index in [1.54, 1.807) is 49.6 Å². The fourth-order valence-corrected chi connectivity index (χ4v) is 3.22.